The van der Waals surface area contributed by atoms with E-state index in [1.165, 1.54) is 27.8 Å². The number of thiophene rings is 1. The Hall–Kier alpha value is -2.26. The molecule has 0 bridgehead atoms. The Morgan fingerprint density at radius 1 is 1.27 bits per heavy atom. The number of nitrogens with zero attached hydrogens (tertiary/aromatic N) is 3. The minimum Gasteiger partial charge on any atom is -0.388 e. The Bertz CT molecular complexity index is 1200. The molecule has 0 spiro atoms. The molecule has 5 rings (SSSR count). The van der Waals surface area contributed by atoms with Crippen LogP contribution in [0, 0.1) is 5.92 Å². The lowest BCUT2D eigenvalue weighted by molar-refractivity contribution is -0.141. The number of amides is 1. The Labute approximate surface area is 201 Å². The summed E-state index contributed by atoms with van der Waals surface area (Å²) >= 11 is 7.37. The summed E-state index contributed by atoms with van der Waals surface area (Å²) in [5, 5.41) is 16.8. The highest BCUT2D eigenvalue weighted by Gasteiger charge is 2.39. The average Bonchev–Trinajstić information content (AvgIpc) is 3.23. The maximum absolute atomic E-state index is 13.4. The van der Waals surface area contributed by atoms with Gasteiger partial charge < -0.3 is 15.3 Å². The van der Waals surface area contributed by atoms with Gasteiger partial charge in [0.2, 0.25) is 5.91 Å². The van der Waals surface area contributed by atoms with Crippen molar-refractivity contribution in [2.24, 2.45) is 5.92 Å². The number of benzene rings is 1. The monoisotopic (exact) mass is 486 g/mol. The van der Waals surface area contributed by atoms with Crippen molar-refractivity contribution < 1.29 is 9.90 Å². The predicted octanol–water partition coefficient (Wildman–Crippen LogP) is 2.86. The molecule has 33 heavy (non-hydrogen) atoms. The molecule has 2 aliphatic rings. The van der Waals surface area contributed by atoms with E-state index in [2.05, 4.69) is 22.4 Å². The summed E-state index contributed by atoms with van der Waals surface area (Å²) in [4.78, 5) is 32.4. The van der Waals surface area contributed by atoms with E-state index in [-0.39, 0.29) is 29.8 Å². The normalized spacial score (nSPS) is 23.0. The van der Waals surface area contributed by atoms with Crippen LogP contribution in [-0.2, 0) is 11.3 Å². The fourth-order valence-corrected chi connectivity index (χ4v) is 6.10. The third-order valence-electron chi connectivity index (χ3n) is 7.04. The zero-order valence-corrected chi connectivity index (χ0v) is 19.8. The van der Waals surface area contributed by atoms with Gasteiger partial charge in [0.1, 0.15) is 9.85 Å². The Balaban J connectivity index is 1.27. The van der Waals surface area contributed by atoms with Crippen molar-refractivity contribution in [1.29, 1.82) is 0 Å². The number of hydrogen-bond donors (Lipinski definition) is 2. The lowest BCUT2D eigenvalue weighted by Crippen LogP contribution is -2.52. The molecule has 0 radical (unpaired) electrons. The Kier molecular flexibility index (Phi) is 6.26. The van der Waals surface area contributed by atoms with Gasteiger partial charge in [0, 0.05) is 36.9 Å². The number of carbonyl (C=O) groups is 1. The van der Waals surface area contributed by atoms with Crippen molar-refractivity contribution in [2.75, 3.05) is 26.2 Å². The van der Waals surface area contributed by atoms with Crippen molar-refractivity contribution in [3.63, 3.8) is 0 Å². The van der Waals surface area contributed by atoms with Gasteiger partial charge in [0.25, 0.3) is 5.56 Å². The summed E-state index contributed by atoms with van der Waals surface area (Å²) in [6.45, 7) is 2.75. The van der Waals surface area contributed by atoms with Crippen molar-refractivity contribution in [3.8, 4) is 0 Å². The quantitative estimate of drug-likeness (QED) is 0.592. The molecule has 9 heteroatoms. The maximum atomic E-state index is 13.4. The zero-order chi connectivity index (χ0) is 23.0. The van der Waals surface area contributed by atoms with Crippen molar-refractivity contribution in [2.45, 2.75) is 37.3 Å². The number of aliphatic hydroxyl groups is 1. The molecular formula is C24H27ClN4O3S. The molecule has 4 heterocycles. The molecule has 1 aromatic carbocycles. The van der Waals surface area contributed by atoms with Crippen LogP contribution in [-0.4, -0.2) is 57.2 Å². The SMILES string of the molecule is O=C([C@@H]1CCNC[C@H]1c1ccccc1)N1CCC(O)(Cn2cnc3c(Cl)scc3c2=O)CC1. The van der Waals surface area contributed by atoms with Gasteiger partial charge in [-0.25, -0.2) is 4.98 Å². The van der Waals surface area contributed by atoms with Gasteiger partial charge in [0.05, 0.1) is 23.9 Å². The van der Waals surface area contributed by atoms with Gasteiger partial charge >= 0.3 is 0 Å². The van der Waals surface area contributed by atoms with Crippen LogP contribution in [0.5, 0.6) is 0 Å². The first-order valence-corrected chi connectivity index (χ1v) is 12.6. The summed E-state index contributed by atoms with van der Waals surface area (Å²) in [6.07, 6.45) is 3.12. The molecule has 3 aromatic rings. The Morgan fingerprint density at radius 3 is 2.79 bits per heavy atom. The minimum atomic E-state index is -1.05. The van der Waals surface area contributed by atoms with E-state index in [9.17, 15) is 14.7 Å². The van der Waals surface area contributed by atoms with E-state index in [0.29, 0.717) is 41.2 Å². The number of hydrogen-bond acceptors (Lipinski definition) is 6. The number of nitrogens with one attached hydrogen (secondary N) is 1. The van der Waals surface area contributed by atoms with E-state index >= 15 is 0 Å². The van der Waals surface area contributed by atoms with Crippen LogP contribution in [0.3, 0.4) is 0 Å². The summed E-state index contributed by atoms with van der Waals surface area (Å²) in [5.41, 5.74) is 0.441. The van der Waals surface area contributed by atoms with Gasteiger partial charge in [-0.15, -0.1) is 11.3 Å². The topological polar surface area (TPSA) is 87.5 Å². The van der Waals surface area contributed by atoms with Crippen LogP contribution in [0.25, 0.3) is 10.9 Å². The number of aromatic nitrogens is 2. The van der Waals surface area contributed by atoms with Gasteiger partial charge in [0.15, 0.2) is 0 Å². The molecule has 0 saturated carbocycles. The third kappa shape index (κ3) is 4.45. The van der Waals surface area contributed by atoms with Gasteiger partial charge in [-0.3, -0.25) is 14.2 Å². The lowest BCUT2D eigenvalue weighted by Gasteiger charge is -2.41. The van der Waals surface area contributed by atoms with Crippen LogP contribution in [0.4, 0.5) is 0 Å². The number of piperidine rings is 2. The molecule has 0 unspecified atom stereocenters. The molecular weight excluding hydrogens is 460 g/mol. The predicted molar refractivity (Wildman–Crippen MR) is 130 cm³/mol. The van der Waals surface area contributed by atoms with Crippen molar-refractivity contribution in [3.05, 3.63) is 62.3 Å². The van der Waals surface area contributed by atoms with Crippen LogP contribution in [0.1, 0.15) is 30.7 Å². The van der Waals surface area contributed by atoms with Gasteiger partial charge in [-0.1, -0.05) is 41.9 Å². The van der Waals surface area contributed by atoms with E-state index in [1.54, 1.807) is 5.38 Å². The molecule has 7 nitrogen and oxygen atoms in total. The van der Waals surface area contributed by atoms with Crippen molar-refractivity contribution in [1.82, 2.24) is 19.8 Å². The van der Waals surface area contributed by atoms with Crippen LogP contribution in [0.2, 0.25) is 4.34 Å². The second-order valence-corrected chi connectivity index (χ2v) is 10.6. The van der Waals surface area contributed by atoms with Crippen molar-refractivity contribution >= 4 is 39.7 Å². The smallest absolute Gasteiger partial charge is 0.262 e. The molecule has 174 valence electrons. The first-order chi connectivity index (χ1) is 16.0. The maximum Gasteiger partial charge on any atom is 0.262 e. The molecule has 2 N–H and O–H groups in total. The highest BCUT2D eigenvalue weighted by molar-refractivity contribution is 7.16. The van der Waals surface area contributed by atoms with Crippen LogP contribution < -0.4 is 10.9 Å². The summed E-state index contributed by atoms with van der Waals surface area (Å²) in [6, 6.07) is 10.2. The highest BCUT2D eigenvalue weighted by Crippen LogP contribution is 2.33. The zero-order valence-electron chi connectivity index (χ0n) is 18.2. The fraction of sp³-hybridized carbons (Fsp3) is 0.458. The van der Waals surface area contributed by atoms with E-state index in [4.69, 9.17) is 11.6 Å². The number of likely N-dealkylation sites (tertiary alicyclic amines) is 1. The standard InChI is InChI=1S/C24H27ClN4O3S/c25-21-20-19(13-33-21)23(31)29(15-27-20)14-24(32)7-10-28(11-8-24)22(30)17-6-9-26-12-18(17)16-4-2-1-3-5-16/h1-5,13,15,17-18,26,32H,6-12,14H2/t17-,18+/m1/s1. The van der Waals surface area contributed by atoms with E-state index in [0.717, 1.165) is 19.5 Å². The summed E-state index contributed by atoms with van der Waals surface area (Å²) in [7, 11) is 0. The molecule has 1 amide bonds. The third-order valence-corrected chi connectivity index (χ3v) is 8.24. The molecule has 2 saturated heterocycles. The molecule has 2 fully saturated rings. The first kappa shape index (κ1) is 22.5. The minimum absolute atomic E-state index is 0.0580. The summed E-state index contributed by atoms with van der Waals surface area (Å²) in [5.74, 6) is 0.264. The van der Waals surface area contributed by atoms with Gasteiger partial charge in [-0.2, -0.15) is 0 Å². The van der Waals surface area contributed by atoms with E-state index in [1.807, 2.05) is 23.1 Å². The second-order valence-electron chi connectivity index (χ2n) is 9.12. The number of carbonyl (C=O) groups excluding carboxylic acids is 1. The molecule has 2 aliphatic heterocycles. The van der Waals surface area contributed by atoms with Crippen LogP contribution >= 0.6 is 22.9 Å². The largest absolute Gasteiger partial charge is 0.388 e. The van der Waals surface area contributed by atoms with Gasteiger partial charge in [-0.05, 0) is 31.4 Å². The fourth-order valence-electron chi connectivity index (χ4n) is 5.10. The number of rotatable bonds is 4. The average molecular weight is 487 g/mol. The first-order valence-electron chi connectivity index (χ1n) is 11.3. The molecule has 0 aliphatic carbocycles. The van der Waals surface area contributed by atoms with E-state index < -0.39 is 5.60 Å². The van der Waals surface area contributed by atoms with Crippen LogP contribution in [0.15, 0.2) is 46.8 Å². The molecule has 2 atom stereocenters. The number of halogens is 1. The summed E-state index contributed by atoms with van der Waals surface area (Å²) < 4.78 is 1.95. The second kappa shape index (κ2) is 9.18. The lowest BCUT2D eigenvalue weighted by atomic mass is 9.80. The molecule has 2 aromatic heterocycles. The Morgan fingerprint density at radius 2 is 2.03 bits per heavy atom. The highest BCUT2D eigenvalue weighted by atomic mass is 35.5. The number of fused-ring (bicyclic) bond motifs is 1.